The summed E-state index contributed by atoms with van der Waals surface area (Å²) in [4.78, 5) is 0. The zero-order valence-corrected chi connectivity index (χ0v) is 10.5. The van der Waals surface area contributed by atoms with Gasteiger partial charge in [-0.05, 0) is 41.7 Å². The summed E-state index contributed by atoms with van der Waals surface area (Å²) < 4.78 is 21.8. The molecule has 3 nitrogen and oxygen atoms in total. The molecule has 0 radical (unpaired) electrons. The van der Waals surface area contributed by atoms with Gasteiger partial charge in [-0.15, -0.1) is 0 Å². The molecular formula is C10H17NO2S2. The van der Waals surface area contributed by atoms with Gasteiger partial charge in [-0.25, -0.2) is 8.42 Å². The second-order valence-electron chi connectivity index (χ2n) is 3.87. The highest BCUT2D eigenvalue weighted by molar-refractivity contribution is 7.90. The number of thiophene rings is 1. The first-order valence-corrected chi connectivity index (χ1v) is 7.92. The van der Waals surface area contributed by atoms with Crippen molar-refractivity contribution in [3.63, 3.8) is 0 Å². The number of hydrogen-bond acceptors (Lipinski definition) is 4. The normalized spacial score (nSPS) is 14.0. The monoisotopic (exact) mass is 247 g/mol. The van der Waals surface area contributed by atoms with Crippen molar-refractivity contribution >= 4 is 21.2 Å². The predicted molar refractivity (Wildman–Crippen MR) is 64.9 cm³/mol. The Morgan fingerprint density at radius 3 is 2.80 bits per heavy atom. The second-order valence-corrected chi connectivity index (χ2v) is 6.91. The van der Waals surface area contributed by atoms with Crippen molar-refractivity contribution in [2.24, 2.45) is 5.73 Å². The van der Waals surface area contributed by atoms with E-state index in [1.54, 1.807) is 11.3 Å². The average molecular weight is 247 g/mol. The molecule has 0 spiro atoms. The summed E-state index contributed by atoms with van der Waals surface area (Å²) in [6, 6.07) is 2.13. The topological polar surface area (TPSA) is 60.2 Å². The van der Waals surface area contributed by atoms with E-state index in [0.717, 1.165) is 12.8 Å². The number of nitrogens with two attached hydrogens (primary N) is 1. The summed E-state index contributed by atoms with van der Waals surface area (Å²) in [5.74, 6) is 0.240. The molecule has 1 rings (SSSR count). The maximum atomic E-state index is 10.9. The van der Waals surface area contributed by atoms with Crippen LogP contribution in [0.15, 0.2) is 16.8 Å². The molecule has 0 aliphatic carbocycles. The van der Waals surface area contributed by atoms with Crippen LogP contribution in [-0.4, -0.2) is 26.5 Å². The van der Waals surface area contributed by atoms with E-state index in [4.69, 9.17) is 5.73 Å². The summed E-state index contributed by atoms with van der Waals surface area (Å²) >= 11 is 1.66. The highest BCUT2D eigenvalue weighted by atomic mass is 32.2. The van der Waals surface area contributed by atoms with Gasteiger partial charge in [0.05, 0.1) is 0 Å². The third-order valence-electron chi connectivity index (χ3n) is 2.17. The summed E-state index contributed by atoms with van der Waals surface area (Å²) in [6.07, 6.45) is 3.53. The molecule has 0 bridgehead atoms. The second kappa shape index (κ2) is 5.63. The van der Waals surface area contributed by atoms with Gasteiger partial charge in [0.1, 0.15) is 9.84 Å². The van der Waals surface area contributed by atoms with Gasteiger partial charge in [-0.1, -0.05) is 0 Å². The van der Waals surface area contributed by atoms with Gasteiger partial charge in [-0.2, -0.15) is 11.3 Å². The zero-order chi connectivity index (χ0) is 11.3. The first-order valence-electron chi connectivity index (χ1n) is 4.92. The van der Waals surface area contributed by atoms with E-state index in [0.29, 0.717) is 6.42 Å². The molecule has 0 saturated carbocycles. The smallest absolute Gasteiger partial charge is 0.147 e. The molecule has 5 heteroatoms. The van der Waals surface area contributed by atoms with Crippen LogP contribution in [0.1, 0.15) is 18.4 Å². The van der Waals surface area contributed by atoms with Crippen LogP contribution in [0.25, 0.3) is 0 Å². The van der Waals surface area contributed by atoms with Crippen LogP contribution in [0.2, 0.25) is 0 Å². The Hall–Kier alpha value is -0.390. The Morgan fingerprint density at radius 1 is 1.53 bits per heavy atom. The van der Waals surface area contributed by atoms with E-state index < -0.39 is 9.84 Å². The number of hydrogen-bond donors (Lipinski definition) is 1. The minimum absolute atomic E-state index is 0.0707. The van der Waals surface area contributed by atoms with Crippen LogP contribution in [0, 0.1) is 0 Å². The molecule has 15 heavy (non-hydrogen) atoms. The van der Waals surface area contributed by atoms with Crippen molar-refractivity contribution in [2.75, 3.05) is 12.0 Å². The predicted octanol–water partition coefficient (Wildman–Crippen LogP) is 1.44. The van der Waals surface area contributed by atoms with Crippen LogP contribution >= 0.6 is 11.3 Å². The lowest BCUT2D eigenvalue weighted by molar-refractivity contribution is 0.578. The lowest BCUT2D eigenvalue weighted by Crippen LogP contribution is -2.23. The summed E-state index contributed by atoms with van der Waals surface area (Å²) in [7, 11) is -2.84. The molecule has 2 N–H and O–H groups in total. The summed E-state index contributed by atoms with van der Waals surface area (Å²) in [5.41, 5.74) is 7.15. The van der Waals surface area contributed by atoms with Crippen LogP contribution in [-0.2, 0) is 16.3 Å². The largest absolute Gasteiger partial charge is 0.327 e. The first-order chi connectivity index (χ1) is 6.97. The van der Waals surface area contributed by atoms with Crippen molar-refractivity contribution in [3.8, 4) is 0 Å². The van der Waals surface area contributed by atoms with Crippen molar-refractivity contribution in [1.29, 1.82) is 0 Å². The standard InChI is InChI=1S/C10H17NO2S2/c1-15(12,13)6-2-3-10(11)7-9-4-5-14-8-9/h4-5,8,10H,2-3,6-7,11H2,1H3. The van der Waals surface area contributed by atoms with Gasteiger partial charge < -0.3 is 5.73 Å². The maximum Gasteiger partial charge on any atom is 0.147 e. The Labute approximate surface area is 95.2 Å². The Balaban J connectivity index is 2.22. The Kier molecular flexibility index (Phi) is 4.76. The van der Waals surface area contributed by atoms with Crippen molar-refractivity contribution in [2.45, 2.75) is 25.3 Å². The molecule has 0 saturated heterocycles. The van der Waals surface area contributed by atoms with Gasteiger partial charge in [0, 0.05) is 18.1 Å². The van der Waals surface area contributed by atoms with Crippen molar-refractivity contribution in [3.05, 3.63) is 22.4 Å². The van der Waals surface area contributed by atoms with Gasteiger partial charge >= 0.3 is 0 Å². The first kappa shape index (κ1) is 12.7. The Bertz CT molecular complexity index is 370. The minimum atomic E-state index is -2.84. The van der Waals surface area contributed by atoms with Crippen molar-refractivity contribution < 1.29 is 8.42 Å². The molecule has 0 aliphatic heterocycles. The molecule has 86 valence electrons. The van der Waals surface area contributed by atoms with Crippen LogP contribution in [0.3, 0.4) is 0 Å². The molecule has 1 atom stereocenters. The fourth-order valence-corrected chi connectivity index (χ4v) is 2.79. The fourth-order valence-electron chi connectivity index (χ4n) is 1.42. The van der Waals surface area contributed by atoms with Crippen molar-refractivity contribution in [1.82, 2.24) is 0 Å². The SMILES string of the molecule is CS(=O)(=O)CCCC(N)Cc1ccsc1. The quantitative estimate of drug-likeness (QED) is 0.827. The summed E-state index contributed by atoms with van der Waals surface area (Å²) in [6.45, 7) is 0. The lowest BCUT2D eigenvalue weighted by atomic mass is 10.1. The molecule has 1 aromatic rings. The molecule has 1 unspecified atom stereocenters. The number of sulfone groups is 1. The van der Waals surface area contributed by atoms with E-state index in [-0.39, 0.29) is 11.8 Å². The summed E-state index contributed by atoms with van der Waals surface area (Å²) in [5, 5.41) is 4.11. The fraction of sp³-hybridized carbons (Fsp3) is 0.600. The molecule has 1 aromatic heterocycles. The third kappa shape index (κ3) is 5.92. The molecular weight excluding hydrogens is 230 g/mol. The minimum Gasteiger partial charge on any atom is -0.327 e. The Morgan fingerprint density at radius 2 is 2.27 bits per heavy atom. The van der Waals surface area contributed by atoms with Gasteiger partial charge in [0.2, 0.25) is 0 Å². The van der Waals surface area contributed by atoms with E-state index in [1.807, 2.05) is 5.38 Å². The lowest BCUT2D eigenvalue weighted by Gasteiger charge is -2.09. The third-order valence-corrected chi connectivity index (χ3v) is 3.93. The highest BCUT2D eigenvalue weighted by Gasteiger charge is 2.07. The van der Waals surface area contributed by atoms with Crippen LogP contribution < -0.4 is 5.73 Å². The zero-order valence-electron chi connectivity index (χ0n) is 8.85. The van der Waals surface area contributed by atoms with Gasteiger partial charge in [0.15, 0.2) is 0 Å². The van der Waals surface area contributed by atoms with Crippen LogP contribution in [0.4, 0.5) is 0 Å². The van der Waals surface area contributed by atoms with E-state index in [9.17, 15) is 8.42 Å². The van der Waals surface area contributed by atoms with Crippen LogP contribution in [0.5, 0.6) is 0 Å². The highest BCUT2D eigenvalue weighted by Crippen LogP contribution is 2.10. The molecule has 0 aromatic carbocycles. The van der Waals surface area contributed by atoms with Gasteiger partial charge in [0.25, 0.3) is 0 Å². The van der Waals surface area contributed by atoms with E-state index in [1.165, 1.54) is 11.8 Å². The maximum absolute atomic E-state index is 10.9. The molecule has 0 amide bonds. The molecule has 0 aliphatic rings. The average Bonchev–Trinajstić information content (AvgIpc) is 2.54. The van der Waals surface area contributed by atoms with Gasteiger partial charge in [-0.3, -0.25) is 0 Å². The van der Waals surface area contributed by atoms with E-state index >= 15 is 0 Å². The number of rotatable bonds is 6. The van der Waals surface area contributed by atoms with E-state index in [2.05, 4.69) is 11.4 Å². The molecule has 1 heterocycles. The molecule has 0 fully saturated rings.